The Labute approximate surface area is 27.4 Å². The molecule has 0 aromatic heterocycles. The molecule has 0 heterocycles. The molecule has 0 unspecified atom stereocenters. The van der Waals surface area contributed by atoms with Crippen LogP contribution in [0.3, 0.4) is 0 Å². The highest BCUT2D eigenvalue weighted by molar-refractivity contribution is 5.43. The summed E-state index contributed by atoms with van der Waals surface area (Å²) in [6, 6.07) is 0. The van der Waals surface area contributed by atoms with Gasteiger partial charge in [0.05, 0.1) is 0 Å². The Balaban J connectivity index is 2.62. The molecule has 0 aliphatic rings. The second kappa shape index (κ2) is 3.24. The summed E-state index contributed by atoms with van der Waals surface area (Å²) < 4.78 is 20.5. The molecule has 0 aliphatic carbocycles. The number of hydrazone groups is 1. The molecule has 0 aromatic carbocycles. The van der Waals surface area contributed by atoms with Crippen molar-refractivity contribution >= 4 is 6.47 Å². The highest BCUT2D eigenvalue weighted by Crippen LogP contribution is 1.52. The number of nitrogens with zero attached hydrogens (tertiary/aromatic N) is 1. The molecule has 0 fully saturated rings. The van der Waals surface area contributed by atoms with Gasteiger partial charge in [0, 0.05) is 0 Å². The van der Waals surface area contributed by atoms with Gasteiger partial charge >= 0.3 is 6.47 Å². The average molecular weight is 79.0 g/mol. The molecule has 0 radical (unpaired) electrons. The van der Waals surface area contributed by atoms with Gasteiger partial charge in [-0.25, -0.2) is 0 Å². The summed E-state index contributed by atoms with van der Waals surface area (Å²) in [6.45, 7) is 0.656. The van der Waals surface area contributed by atoms with Crippen LogP contribution in [0.5, 0.6) is 0 Å². The van der Waals surface area contributed by atoms with E-state index in [9.17, 15) is 8.87 Å². The van der Waals surface area contributed by atoms with Crippen LogP contribution in [0, 0.1) is 0 Å². The van der Waals surface area contributed by atoms with Crippen LogP contribution in [0.2, 0.25) is 0 Å². The molecular weight excluding hydrogens is 78.0 g/mol. The van der Waals surface area contributed by atoms with Crippen molar-refractivity contribution in [3.05, 3.63) is 0 Å². The third kappa shape index (κ3) is 3.24. The Bertz CT molecular complexity index is 34.6. The number of rotatable bonds is 1. The number of nitrogens with one attached hydrogen (secondary N) is 1. The molecule has 0 spiro atoms. The zero-order valence-corrected chi connectivity index (χ0v) is 2.20. The SMILES string of the molecule is F[C+]=NNF. The van der Waals surface area contributed by atoms with Gasteiger partial charge in [0.15, 0.2) is 5.10 Å². The Morgan fingerprint density at radius 2 is 2.40 bits per heavy atom. The van der Waals surface area contributed by atoms with Crippen molar-refractivity contribution in [2.24, 2.45) is 5.10 Å². The quantitative estimate of drug-likeness (QED) is 0.207. The Morgan fingerprint density at radius 3 is 2.40 bits per heavy atom. The van der Waals surface area contributed by atoms with Gasteiger partial charge in [0.1, 0.15) is 4.39 Å². The maximum Gasteiger partial charge on any atom is 0.667 e. The summed E-state index contributed by atoms with van der Waals surface area (Å²) in [4.78, 5) is 0. The van der Waals surface area contributed by atoms with E-state index in [0.29, 0.717) is 12.1 Å². The molecule has 0 bridgehead atoms. The fourth-order valence-electron chi connectivity index (χ4n) is 0.0160. The van der Waals surface area contributed by atoms with Crippen molar-refractivity contribution < 1.29 is 8.87 Å². The molecule has 5 heavy (non-hydrogen) atoms. The zero-order chi connectivity index (χ0) is 4.12. The number of hydrogen-bond acceptors (Lipinski definition) is 2. The van der Waals surface area contributed by atoms with E-state index >= 15 is 0 Å². The number of halogens is 2. The summed E-state index contributed by atoms with van der Waals surface area (Å²) in [5, 5.41) is 2.14. The minimum Gasteiger partial charge on any atom is -0.0923 e. The lowest BCUT2D eigenvalue weighted by Gasteiger charge is -1.52. The predicted octanol–water partition coefficient (Wildman–Crippen LogP) is 0.250. The van der Waals surface area contributed by atoms with Gasteiger partial charge in [0.2, 0.25) is 0 Å². The molecule has 0 saturated heterocycles. The van der Waals surface area contributed by atoms with E-state index in [4.69, 9.17) is 0 Å². The first-order chi connectivity index (χ1) is 2.41. The predicted molar refractivity (Wildman–Crippen MR) is 12.8 cm³/mol. The molecule has 0 amide bonds. The second-order valence-corrected chi connectivity index (χ2v) is 0.281. The molecule has 4 heteroatoms. The van der Waals surface area contributed by atoms with Crippen LogP contribution in [0.4, 0.5) is 8.87 Å². The van der Waals surface area contributed by atoms with E-state index in [1.807, 2.05) is 0 Å². The third-order valence-electron chi connectivity index (χ3n) is 0.0845. The van der Waals surface area contributed by atoms with E-state index in [1.165, 1.54) is 0 Å². The van der Waals surface area contributed by atoms with Gasteiger partial charge in [0.25, 0.3) is 0 Å². The third-order valence-corrected chi connectivity index (χ3v) is 0.0845. The first kappa shape index (κ1) is 4.24. The highest BCUT2D eigenvalue weighted by atomic mass is 19.2. The summed E-state index contributed by atoms with van der Waals surface area (Å²) in [5.41, 5.74) is 0.656. The Kier molecular flexibility index (Phi) is 2.75. The summed E-state index contributed by atoms with van der Waals surface area (Å²) in [5.74, 6) is 0. The van der Waals surface area contributed by atoms with E-state index in [0.717, 1.165) is 0 Å². The van der Waals surface area contributed by atoms with Crippen LogP contribution in [0.1, 0.15) is 0 Å². The van der Waals surface area contributed by atoms with Crippen LogP contribution < -0.4 is 5.65 Å². The van der Waals surface area contributed by atoms with Crippen LogP contribution >= 0.6 is 0 Å². The lowest BCUT2D eigenvalue weighted by molar-refractivity contribution is 0.346. The monoisotopic (exact) mass is 79.0 g/mol. The minimum atomic E-state index is 0.656. The highest BCUT2D eigenvalue weighted by Gasteiger charge is 1.81. The number of hydrogen-bond donors (Lipinski definition) is 1. The molecule has 1 N–H and O–H groups in total. The Morgan fingerprint density at radius 1 is 1.80 bits per heavy atom. The largest absolute Gasteiger partial charge is 0.667 e. The molecular formula is CHF2N2+. The summed E-state index contributed by atoms with van der Waals surface area (Å²) in [7, 11) is 0. The van der Waals surface area contributed by atoms with Crippen LogP contribution in [0.15, 0.2) is 5.10 Å². The van der Waals surface area contributed by atoms with Gasteiger partial charge in [-0.3, -0.25) is 0 Å². The maximum atomic E-state index is 10.3. The van der Waals surface area contributed by atoms with Crippen molar-refractivity contribution in [2.45, 2.75) is 0 Å². The van der Waals surface area contributed by atoms with Crippen molar-refractivity contribution in [3.8, 4) is 0 Å². The lowest BCUT2D eigenvalue weighted by Crippen LogP contribution is -1.81. The normalized spacial score (nSPS) is 7.60. The van der Waals surface area contributed by atoms with Gasteiger partial charge in [-0.15, -0.1) is 0 Å². The first-order valence-corrected chi connectivity index (χ1v) is 0.825. The van der Waals surface area contributed by atoms with Gasteiger partial charge in [-0.2, -0.15) is 0 Å². The van der Waals surface area contributed by atoms with Gasteiger partial charge in [-0.1, -0.05) is 10.1 Å². The molecule has 0 aliphatic heterocycles. The zero-order valence-electron chi connectivity index (χ0n) is 2.20. The topological polar surface area (TPSA) is 24.4 Å². The summed E-state index contributed by atoms with van der Waals surface area (Å²) in [6.07, 6.45) is 0. The van der Waals surface area contributed by atoms with E-state index in [2.05, 4.69) is 5.10 Å². The maximum absolute atomic E-state index is 10.3. The second-order valence-electron chi connectivity index (χ2n) is 0.281. The average Bonchev–Trinajstić information content (AvgIpc) is 1.41. The Hall–Kier alpha value is -0.760. The first-order valence-electron chi connectivity index (χ1n) is 0.825. The van der Waals surface area contributed by atoms with Crippen molar-refractivity contribution in [3.63, 3.8) is 0 Å². The fourth-order valence-corrected chi connectivity index (χ4v) is 0.0160. The smallest absolute Gasteiger partial charge is 0.0923 e. The van der Waals surface area contributed by atoms with E-state index in [-0.39, 0.29) is 0 Å². The molecule has 0 aromatic rings. The van der Waals surface area contributed by atoms with Gasteiger partial charge in [-0.05, 0) is 0 Å². The van der Waals surface area contributed by atoms with Crippen molar-refractivity contribution in [1.29, 1.82) is 0 Å². The standard InChI is InChI=1S/CHF2N2/c2-1-4-5-3/h5H/q+1. The molecule has 28 valence electrons. The van der Waals surface area contributed by atoms with Gasteiger partial charge < -0.3 is 0 Å². The molecule has 0 rings (SSSR count). The minimum absolute atomic E-state index is 0.656. The molecule has 2 nitrogen and oxygen atoms in total. The van der Waals surface area contributed by atoms with Crippen LogP contribution in [0.25, 0.3) is 0 Å². The lowest BCUT2D eigenvalue weighted by atomic mass is 11.6. The van der Waals surface area contributed by atoms with Crippen molar-refractivity contribution in [2.75, 3.05) is 0 Å². The fraction of sp³-hybridized carbons (Fsp3) is 0. The van der Waals surface area contributed by atoms with Crippen molar-refractivity contribution in [1.82, 2.24) is 5.65 Å². The van der Waals surface area contributed by atoms with Crippen LogP contribution in [-0.4, -0.2) is 6.47 Å². The van der Waals surface area contributed by atoms with E-state index < -0.39 is 0 Å². The van der Waals surface area contributed by atoms with E-state index in [1.54, 1.807) is 0 Å². The molecule has 0 atom stereocenters. The molecule has 0 saturated carbocycles. The van der Waals surface area contributed by atoms with Crippen LogP contribution in [-0.2, 0) is 0 Å². The summed E-state index contributed by atoms with van der Waals surface area (Å²) >= 11 is 0.